The second kappa shape index (κ2) is 3.99. The molecule has 0 amide bonds. The summed E-state index contributed by atoms with van der Waals surface area (Å²) in [5, 5.41) is 10.7. The van der Waals surface area contributed by atoms with E-state index in [0.29, 0.717) is 6.04 Å². The summed E-state index contributed by atoms with van der Waals surface area (Å²) in [6.45, 7) is 3.50. The quantitative estimate of drug-likeness (QED) is 0.777. The fourth-order valence-electron chi connectivity index (χ4n) is 4.47. The van der Waals surface area contributed by atoms with Crippen molar-refractivity contribution >= 4 is 0 Å². The maximum Gasteiger partial charge on any atom is 0.0799 e. The van der Waals surface area contributed by atoms with Crippen LogP contribution < -0.4 is 0 Å². The first kappa shape index (κ1) is 11.0. The van der Waals surface area contributed by atoms with Gasteiger partial charge in [-0.3, -0.25) is 4.90 Å². The molecule has 0 aromatic rings. The van der Waals surface area contributed by atoms with E-state index in [9.17, 15) is 5.11 Å². The summed E-state index contributed by atoms with van der Waals surface area (Å²) in [5.41, 5.74) is -0.364. The minimum atomic E-state index is -0.364. The molecule has 0 radical (unpaired) electrons. The number of aliphatic hydroxyl groups is 1. The molecule has 2 aliphatic carbocycles. The summed E-state index contributed by atoms with van der Waals surface area (Å²) < 4.78 is 0. The third-order valence-electron chi connectivity index (χ3n) is 5.55. The van der Waals surface area contributed by atoms with Crippen LogP contribution in [0.5, 0.6) is 0 Å². The van der Waals surface area contributed by atoms with Crippen molar-refractivity contribution in [3.8, 4) is 0 Å². The minimum absolute atomic E-state index is 0.364. The zero-order valence-electron chi connectivity index (χ0n) is 10.5. The van der Waals surface area contributed by atoms with Crippen molar-refractivity contribution in [3.05, 3.63) is 0 Å². The van der Waals surface area contributed by atoms with Crippen LogP contribution in [0.15, 0.2) is 0 Å². The molecule has 1 heterocycles. The van der Waals surface area contributed by atoms with Crippen LogP contribution in [0.25, 0.3) is 0 Å². The molecule has 3 fully saturated rings. The van der Waals surface area contributed by atoms with Gasteiger partial charge < -0.3 is 5.11 Å². The fraction of sp³-hybridized carbons (Fsp3) is 1.00. The zero-order valence-corrected chi connectivity index (χ0v) is 10.5. The van der Waals surface area contributed by atoms with Crippen molar-refractivity contribution in [1.82, 2.24) is 4.90 Å². The molecule has 1 N–H and O–H groups in total. The highest BCUT2D eigenvalue weighted by atomic mass is 16.3. The molecule has 1 saturated heterocycles. The summed E-state index contributed by atoms with van der Waals surface area (Å²) in [4.78, 5) is 2.64. The van der Waals surface area contributed by atoms with E-state index in [1.165, 1.54) is 45.1 Å². The lowest BCUT2D eigenvalue weighted by molar-refractivity contribution is -0.0409. The van der Waals surface area contributed by atoms with Gasteiger partial charge in [-0.2, -0.15) is 0 Å². The van der Waals surface area contributed by atoms with Crippen molar-refractivity contribution in [2.24, 2.45) is 5.92 Å². The Morgan fingerprint density at radius 1 is 1.12 bits per heavy atom. The van der Waals surface area contributed by atoms with Crippen molar-refractivity contribution in [2.45, 2.75) is 76.0 Å². The van der Waals surface area contributed by atoms with Gasteiger partial charge in [0.1, 0.15) is 0 Å². The van der Waals surface area contributed by atoms with Gasteiger partial charge in [0, 0.05) is 12.1 Å². The maximum atomic E-state index is 10.7. The molecule has 92 valence electrons. The Bertz CT molecular complexity index is 259. The lowest BCUT2D eigenvalue weighted by atomic mass is 9.91. The van der Waals surface area contributed by atoms with Crippen LogP contribution in [0.4, 0.5) is 0 Å². The first-order valence-electron chi connectivity index (χ1n) is 7.19. The van der Waals surface area contributed by atoms with Gasteiger partial charge >= 0.3 is 0 Å². The molecule has 3 aliphatic rings. The molecule has 16 heavy (non-hydrogen) atoms. The Labute approximate surface area is 99.0 Å². The zero-order chi connectivity index (χ0) is 11.2. The number of likely N-dealkylation sites (tertiary alicyclic amines) is 1. The Hall–Kier alpha value is -0.0800. The Morgan fingerprint density at radius 2 is 1.88 bits per heavy atom. The first-order chi connectivity index (χ1) is 7.71. The molecule has 0 aromatic heterocycles. The average Bonchev–Trinajstić information content (AvgIpc) is 2.91. The van der Waals surface area contributed by atoms with Gasteiger partial charge in [-0.05, 0) is 51.5 Å². The topological polar surface area (TPSA) is 23.5 Å². The molecule has 2 saturated carbocycles. The predicted octanol–water partition coefficient (Wildman–Crippen LogP) is 2.55. The third kappa shape index (κ3) is 1.62. The minimum Gasteiger partial charge on any atom is -0.388 e. The Balaban J connectivity index is 1.72. The van der Waals surface area contributed by atoms with Gasteiger partial charge in [0.25, 0.3) is 0 Å². The molecule has 3 atom stereocenters. The molecule has 0 aromatic carbocycles. The summed E-state index contributed by atoms with van der Waals surface area (Å²) in [6.07, 6.45) is 10.1. The van der Waals surface area contributed by atoms with Crippen LogP contribution in [-0.2, 0) is 0 Å². The van der Waals surface area contributed by atoms with Crippen LogP contribution in [0.1, 0.15) is 58.3 Å². The van der Waals surface area contributed by atoms with Gasteiger partial charge in [-0.25, -0.2) is 0 Å². The fourth-order valence-corrected chi connectivity index (χ4v) is 4.47. The molecule has 0 bridgehead atoms. The molecule has 2 heteroatoms. The SMILES string of the molecule is C[C@@H](N1CC[C@H]2CCC[C@H]21)C1(O)CCCC1. The second-order valence-electron chi connectivity index (χ2n) is 6.27. The van der Waals surface area contributed by atoms with Crippen molar-refractivity contribution in [2.75, 3.05) is 6.54 Å². The van der Waals surface area contributed by atoms with Crippen molar-refractivity contribution < 1.29 is 5.11 Å². The van der Waals surface area contributed by atoms with Crippen molar-refractivity contribution in [1.29, 1.82) is 0 Å². The van der Waals surface area contributed by atoms with Crippen LogP contribution in [0.2, 0.25) is 0 Å². The van der Waals surface area contributed by atoms with Gasteiger partial charge in [-0.15, -0.1) is 0 Å². The second-order valence-corrected chi connectivity index (χ2v) is 6.27. The number of fused-ring (bicyclic) bond motifs is 1. The average molecular weight is 223 g/mol. The largest absolute Gasteiger partial charge is 0.388 e. The number of hydrogen-bond acceptors (Lipinski definition) is 2. The lowest BCUT2D eigenvalue weighted by Crippen LogP contribution is -2.51. The van der Waals surface area contributed by atoms with Crippen LogP contribution in [-0.4, -0.2) is 34.2 Å². The number of rotatable bonds is 2. The molecule has 1 aliphatic heterocycles. The molecule has 0 spiro atoms. The lowest BCUT2D eigenvalue weighted by Gasteiger charge is -2.39. The van der Waals surface area contributed by atoms with Gasteiger partial charge in [-0.1, -0.05) is 19.3 Å². The molecule has 3 rings (SSSR count). The van der Waals surface area contributed by atoms with Crippen LogP contribution >= 0.6 is 0 Å². The van der Waals surface area contributed by atoms with E-state index >= 15 is 0 Å². The standard InChI is InChI=1S/C14H25NO/c1-11(14(16)8-2-3-9-14)15-10-7-12-5-4-6-13(12)15/h11-13,16H,2-10H2,1H3/t11-,12-,13-/m1/s1. The molecule has 0 unspecified atom stereocenters. The monoisotopic (exact) mass is 223 g/mol. The Kier molecular flexibility index (Phi) is 2.75. The summed E-state index contributed by atoms with van der Waals surface area (Å²) >= 11 is 0. The van der Waals surface area contributed by atoms with E-state index in [2.05, 4.69) is 11.8 Å². The van der Waals surface area contributed by atoms with Crippen LogP contribution in [0, 0.1) is 5.92 Å². The van der Waals surface area contributed by atoms with E-state index in [4.69, 9.17) is 0 Å². The molecular formula is C14H25NO. The normalized spacial score (nSPS) is 40.1. The van der Waals surface area contributed by atoms with E-state index in [-0.39, 0.29) is 5.60 Å². The van der Waals surface area contributed by atoms with Gasteiger partial charge in [0.2, 0.25) is 0 Å². The van der Waals surface area contributed by atoms with Crippen molar-refractivity contribution in [3.63, 3.8) is 0 Å². The molecular weight excluding hydrogens is 198 g/mol. The first-order valence-corrected chi connectivity index (χ1v) is 7.19. The van der Waals surface area contributed by atoms with E-state index < -0.39 is 0 Å². The van der Waals surface area contributed by atoms with Gasteiger partial charge in [0.05, 0.1) is 5.60 Å². The highest BCUT2D eigenvalue weighted by Crippen LogP contribution is 2.43. The third-order valence-corrected chi connectivity index (χ3v) is 5.55. The van der Waals surface area contributed by atoms with Gasteiger partial charge in [0.15, 0.2) is 0 Å². The van der Waals surface area contributed by atoms with Crippen LogP contribution in [0.3, 0.4) is 0 Å². The highest BCUT2D eigenvalue weighted by Gasteiger charge is 2.46. The maximum absolute atomic E-state index is 10.7. The predicted molar refractivity (Wildman–Crippen MR) is 65.3 cm³/mol. The van der Waals surface area contributed by atoms with E-state index in [1.54, 1.807) is 0 Å². The summed E-state index contributed by atoms with van der Waals surface area (Å²) in [5.74, 6) is 0.951. The van der Waals surface area contributed by atoms with E-state index in [1.807, 2.05) is 0 Å². The smallest absolute Gasteiger partial charge is 0.0799 e. The van der Waals surface area contributed by atoms with E-state index in [0.717, 1.165) is 24.8 Å². The summed E-state index contributed by atoms with van der Waals surface area (Å²) in [7, 11) is 0. The Morgan fingerprint density at radius 3 is 2.62 bits per heavy atom. The highest BCUT2D eigenvalue weighted by molar-refractivity contribution is 5.01. The number of nitrogens with zero attached hydrogens (tertiary/aromatic N) is 1. The summed E-state index contributed by atoms with van der Waals surface area (Å²) in [6, 6.07) is 1.20. The molecule has 2 nitrogen and oxygen atoms in total. The number of hydrogen-bond donors (Lipinski definition) is 1.